The fraction of sp³-hybridized carbons (Fsp3) is 0.333. The van der Waals surface area contributed by atoms with E-state index in [4.69, 9.17) is 9.26 Å². The number of nitrogens with one attached hydrogen (secondary N) is 2. The first-order valence-electron chi connectivity index (χ1n) is 10.8. The molecule has 0 amide bonds. The molecule has 7 nitrogen and oxygen atoms in total. The topological polar surface area (TPSA) is 74.9 Å². The molecular formula is C24H28FN5O2. The summed E-state index contributed by atoms with van der Waals surface area (Å²) in [5, 5.41) is 10.8. The lowest BCUT2D eigenvalue weighted by molar-refractivity contribution is 0.0170. The summed E-state index contributed by atoms with van der Waals surface area (Å²) in [7, 11) is 1.73. The average Bonchev–Trinajstić information content (AvgIpc) is 3.32. The molecule has 0 saturated carbocycles. The minimum absolute atomic E-state index is 0.0785. The van der Waals surface area contributed by atoms with Crippen molar-refractivity contribution in [2.45, 2.75) is 12.6 Å². The summed E-state index contributed by atoms with van der Waals surface area (Å²) in [5.74, 6) is 1.16. The van der Waals surface area contributed by atoms with Gasteiger partial charge in [0.05, 0.1) is 25.8 Å². The largest absolute Gasteiger partial charge is 0.379 e. The number of benzene rings is 2. The Morgan fingerprint density at radius 1 is 1.09 bits per heavy atom. The van der Waals surface area contributed by atoms with Gasteiger partial charge in [0.2, 0.25) is 0 Å². The van der Waals surface area contributed by atoms with Crippen LogP contribution in [-0.4, -0.2) is 55.9 Å². The standard InChI is InChI=1S/C24H28FN5O2/c1-26-24(27-16-21-15-23(32-29-21)19-5-3-2-4-6-19)28-17-22(30-11-13-31-14-12-30)18-7-9-20(25)10-8-18/h2-10,15,22H,11-14,16-17H2,1H3,(H2,26,27,28). The van der Waals surface area contributed by atoms with Crippen LogP contribution in [0.4, 0.5) is 4.39 Å². The lowest BCUT2D eigenvalue weighted by Crippen LogP contribution is -2.46. The Morgan fingerprint density at radius 2 is 1.84 bits per heavy atom. The number of morpholine rings is 1. The number of nitrogens with zero attached hydrogens (tertiary/aromatic N) is 3. The lowest BCUT2D eigenvalue weighted by atomic mass is 10.0. The molecule has 32 heavy (non-hydrogen) atoms. The Bertz CT molecular complexity index is 1000. The third-order valence-corrected chi connectivity index (χ3v) is 5.48. The van der Waals surface area contributed by atoms with Gasteiger partial charge in [0.25, 0.3) is 0 Å². The average molecular weight is 438 g/mol. The van der Waals surface area contributed by atoms with Gasteiger partial charge in [-0.1, -0.05) is 47.6 Å². The second kappa shape index (κ2) is 10.9. The Balaban J connectivity index is 1.36. The number of halogens is 1. The van der Waals surface area contributed by atoms with Crippen LogP contribution in [0.1, 0.15) is 17.3 Å². The molecule has 2 heterocycles. The van der Waals surface area contributed by atoms with E-state index in [-0.39, 0.29) is 11.9 Å². The van der Waals surface area contributed by atoms with Crippen molar-refractivity contribution in [2.24, 2.45) is 4.99 Å². The maximum atomic E-state index is 13.4. The van der Waals surface area contributed by atoms with Crippen molar-refractivity contribution in [3.8, 4) is 11.3 Å². The van der Waals surface area contributed by atoms with Gasteiger partial charge in [-0.2, -0.15) is 0 Å². The number of guanidine groups is 1. The molecule has 0 aliphatic carbocycles. The van der Waals surface area contributed by atoms with Crippen molar-refractivity contribution in [1.29, 1.82) is 0 Å². The minimum Gasteiger partial charge on any atom is -0.379 e. The fourth-order valence-electron chi connectivity index (χ4n) is 3.75. The molecule has 1 unspecified atom stereocenters. The molecule has 1 aliphatic heterocycles. The van der Waals surface area contributed by atoms with Gasteiger partial charge < -0.3 is 19.9 Å². The van der Waals surface area contributed by atoms with E-state index < -0.39 is 0 Å². The molecule has 1 aliphatic rings. The predicted octanol–water partition coefficient (Wildman–Crippen LogP) is 3.22. The highest BCUT2D eigenvalue weighted by molar-refractivity contribution is 5.79. The maximum absolute atomic E-state index is 13.4. The molecule has 1 saturated heterocycles. The van der Waals surface area contributed by atoms with Crippen molar-refractivity contribution in [3.63, 3.8) is 0 Å². The molecule has 1 fully saturated rings. The number of hydrogen-bond donors (Lipinski definition) is 2. The first-order chi connectivity index (χ1) is 15.7. The minimum atomic E-state index is -0.234. The van der Waals surface area contributed by atoms with Crippen molar-refractivity contribution >= 4 is 5.96 Å². The molecule has 4 rings (SSSR count). The van der Waals surface area contributed by atoms with Crippen LogP contribution in [0, 0.1) is 5.82 Å². The second-order valence-electron chi connectivity index (χ2n) is 7.57. The normalized spacial score (nSPS) is 16.0. The molecule has 0 spiro atoms. The van der Waals surface area contributed by atoms with Crippen LogP contribution in [0.3, 0.4) is 0 Å². The van der Waals surface area contributed by atoms with Gasteiger partial charge in [-0.15, -0.1) is 0 Å². The molecule has 2 aromatic carbocycles. The molecule has 1 aromatic heterocycles. The zero-order valence-corrected chi connectivity index (χ0v) is 18.1. The first-order valence-corrected chi connectivity index (χ1v) is 10.8. The summed E-state index contributed by atoms with van der Waals surface area (Å²) in [6, 6.07) is 18.6. The summed E-state index contributed by atoms with van der Waals surface area (Å²) < 4.78 is 24.4. The SMILES string of the molecule is CN=C(NCc1cc(-c2ccccc2)on1)NCC(c1ccc(F)cc1)N1CCOCC1. The molecule has 2 N–H and O–H groups in total. The van der Waals surface area contributed by atoms with Crippen LogP contribution in [-0.2, 0) is 11.3 Å². The Labute approximate surface area is 187 Å². The summed E-state index contributed by atoms with van der Waals surface area (Å²) in [5.41, 5.74) is 2.83. The van der Waals surface area contributed by atoms with Gasteiger partial charge in [-0.25, -0.2) is 4.39 Å². The van der Waals surface area contributed by atoms with Gasteiger partial charge in [-0.05, 0) is 17.7 Å². The van der Waals surface area contributed by atoms with E-state index in [1.807, 2.05) is 48.5 Å². The van der Waals surface area contributed by atoms with E-state index in [0.29, 0.717) is 32.3 Å². The Morgan fingerprint density at radius 3 is 2.56 bits per heavy atom. The van der Waals surface area contributed by atoms with E-state index in [0.717, 1.165) is 35.7 Å². The highest BCUT2D eigenvalue weighted by atomic mass is 19.1. The van der Waals surface area contributed by atoms with E-state index in [1.165, 1.54) is 12.1 Å². The van der Waals surface area contributed by atoms with Crippen molar-refractivity contribution in [3.05, 3.63) is 77.7 Å². The number of ether oxygens (including phenoxy) is 1. The lowest BCUT2D eigenvalue weighted by Gasteiger charge is -2.35. The van der Waals surface area contributed by atoms with Crippen LogP contribution >= 0.6 is 0 Å². The molecule has 0 radical (unpaired) electrons. The van der Waals surface area contributed by atoms with Gasteiger partial charge in [0.15, 0.2) is 11.7 Å². The maximum Gasteiger partial charge on any atom is 0.191 e. The second-order valence-corrected chi connectivity index (χ2v) is 7.57. The van der Waals surface area contributed by atoms with Crippen molar-refractivity contribution in [1.82, 2.24) is 20.7 Å². The van der Waals surface area contributed by atoms with Gasteiger partial charge >= 0.3 is 0 Å². The molecule has 8 heteroatoms. The van der Waals surface area contributed by atoms with E-state index in [2.05, 4.69) is 25.7 Å². The Hall–Kier alpha value is -3.23. The summed E-state index contributed by atoms with van der Waals surface area (Å²) >= 11 is 0. The summed E-state index contributed by atoms with van der Waals surface area (Å²) in [6.07, 6.45) is 0. The molecule has 1 atom stereocenters. The smallest absolute Gasteiger partial charge is 0.191 e. The number of hydrogen-bond acceptors (Lipinski definition) is 5. The van der Waals surface area contributed by atoms with E-state index in [9.17, 15) is 4.39 Å². The molecular weight excluding hydrogens is 409 g/mol. The zero-order valence-electron chi connectivity index (χ0n) is 18.1. The summed E-state index contributed by atoms with van der Waals surface area (Å²) in [4.78, 5) is 6.67. The molecule has 3 aromatic rings. The Kier molecular flexibility index (Phi) is 7.47. The zero-order chi connectivity index (χ0) is 22.2. The van der Waals surface area contributed by atoms with Crippen LogP contribution in [0.5, 0.6) is 0 Å². The third-order valence-electron chi connectivity index (χ3n) is 5.48. The van der Waals surface area contributed by atoms with E-state index in [1.54, 1.807) is 7.05 Å². The first kappa shape index (κ1) is 22.0. The third kappa shape index (κ3) is 5.72. The number of aromatic nitrogens is 1. The van der Waals surface area contributed by atoms with Gasteiger partial charge in [-0.3, -0.25) is 9.89 Å². The van der Waals surface area contributed by atoms with Gasteiger partial charge in [0.1, 0.15) is 11.5 Å². The number of aliphatic imine (C=N–C) groups is 1. The monoisotopic (exact) mass is 437 g/mol. The molecule has 0 bridgehead atoms. The van der Waals surface area contributed by atoms with Crippen LogP contribution in [0.15, 0.2) is 70.2 Å². The van der Waals surface area contributed by atoms with E-state index >= 15 is 0 Å². The van der Waals surface area contributed by atoms with Crippen molar-refractivity contribution < 1.29 is 13.7 Å². The van der Waals surface area contributed by atoms with Crippen LogP contribution in [0.2, 0.25) is 0 Å². The molecule has 168 valence electrons. The quantitative estimate of drug-likeness (QED) is 0.437. The highest BCUT2D eigenvalue weighted by Crippen LogP contribution is 2.22. The fourth-order valence-corrected chi connectivity index (χ4v) is 3.75. The highest BCUT2D eigenvalue weighted by Gasteiger charge is 2.23. The van der Waals surface area contributed by atoms with Gasteiger partial charge in [0, 0.05) is 38.3 Å². The van der Waals surface area contributed by atoms with Crippen LogP contribution < -0.4 is 10.6 Å². The van der Waals surface area contributed by atoms with Crippen molar-refractivity contribution in [2.75, 3.05) is 39.9 Å². The van der Waals surface area contributed by atoms with Crippen LogP contribution in [0.25, 0.3) is 11.3 Å². The number of rotatable bonds is 7. The summed E-state index contributed by atoms with van der Waals surface area (Å²) in [6.45, 7) is 4.16. The predicted molar refractivity (Wildman–Crippen MR) is 122 cm³/mol.